The van der Waals surface area contributed by atoms with Gasteiger partial charge in [0.05, 0.1) is 17.3 Å². The summed E-state index contributed by atoms with van der Waals surface area (Å²) in [5, 5.41) is 24.6. The minimum Gasteiger partial charge on any atom is -0.388 e. The quantitative estimate of drug-likeness (QED) is 0.650. The number of aliphatic hydroxyl groups excluding tert-OH is 2. The monoisotopic (exact) mass is 484 g/mol. The van der Waals surface area contributed by atoms with E-state index in [0.717, 1.165) is 37.7 Å². The zero-order valence-electron chi connectivity index (χ0n) is 21.7. The predicted octanol–water partition coefficient (Wildman–Crippen LogP) is 4.65. The molecule has 188 valence electrons. The fourth-order valence-electron chi connectivity index (χ4n) is 8.78. The maximum Gasteiger partial charge on any atom is 0.105 e. The number of likely N-dealkylation sites (N-methyl/N-ethyl adjacent to an activating group) is 1. The maximum atomic E-state index is 11.2. The topological polar surface area (TPSA) is 65.8 Å². The van der Waals surface area contributed by atoms with Crippen LogP contribution in [0.5, 0.6) is 0 Å². The maximum absolute atomic E-state index is 11.2. The molecule has 7 rings (SSSR count). The second-order valence-electron chi connectivity index (χ2n) is 12.4. The predicted molar refractivity (Wildman–Crippen MR) is 141 cm³/mol. The molecule has 2 spiro atoms. The second-order valence-corrected chi connectivity index (χ2v) is 12.4. The summed E-state index contributed by atoms with van der Waals surface area (Å²) in [7, 11) is 3.97. The number of rotatable bonds is 2. The highest BCUT2D eigenvalue weighted by atomic mass is 16.5. The first kappa shape index (κ1) is 22.9. The van der Waals surface area contributed by atoms with Crippen LogP contribution in [0, 0.1) is 11.3 Å². The van der Waals surface area contributed by atoms with E-state index in [1.54, 1.807) is 0 Å². The Labute approximate surface area is 213 Å². The van der Waals surface area contributed by atoms with Crippen LogP contribution in [-0.2, 0) is 4.74 Å². The molecule has 3 aliphatic carbocycles. The highest BCUT2D eigenvalue weighted by Gasteiger charge is 2.68. The van der Waals surface area contributed by atoms with Crippen molar-refractivity contribution in [2.75, 3.05) is 14.1 Å². The summed E-state index contributed by atoms with van der Waals surface area (Å²) in [6.07, 6.45) is 11.4. The van der Waals surface area contributed by atoms with Crippen molar-refractivity contribution in [3.63, 3.8) is 0 Å². The summed E-state index contributed by atoms with van der Waals surface area (Å²) < 4.78 is 7.33. The van der Waals surface area contributed by atoms with Gasteiger partial charge in [-0.25, -0.2) is 0 Å². The molecule has 7 atom stereocenters. The van der Waals surface area contributed by atoms with Gasteiger partial charge in [0.15, 0.2) is 0 Å². The number of allylic oxidation sites excluding steroid dienone is 3. The Balaban J connectivity index is 1.36. The van der Waals surface area contributed by atoms with E-state index in [1.807, 2.05) is 31.4 Å². The minimum absolute atomic E-state index is 0.0320. The van der Waals surface area contributed by atoms with Gasteiger partial charge in [-0.1, -0.05) is 42.8 Å². The van der Waals surface area contributed by atoms with E-state index in [0.29, 0.717) is 5.92 Å². The van der Waals surface area contributed by atoms with Gasteiger partial charge in [0.2, 0.25) is 0 Å². The Bertz CT molecular complexity index is 1370. The van der Waals surface area contributed by atoms with Crippen LogP contribution >= 0.6 is 0 Å². The Kier molecular flexibility index (Phi) is 4.69. The highest BCUT2D eigenvalue weighted by molar-refractivity contribution is 5.95. The average molecular weight is 485 g/mol. The standard InChI is InChI=1S/C31H36N2O3/c1-18-15-29(2)22(21-7-5-6-19-17-32-13-10-20(19)21)8-9-26(29)31-12-11-30(36-31)16-25(33(3)4)28(35)27(34)24(30)14-23(18)31/h5-8,10,13-14,17,25-28,34-35H,9,11-12,15-16H2,1-4H3/t25-,26?,27+,28+,29+,30+,31+/m0/s1. The lowest BCUT2D eigenvalue weighted by Gasteiger charge is -2.56. The normalized spacial score (nSPS) is 41.2. The van der Waals surface area contributed by atoms with Gasteiger partial charge in [0.25, 0.3) is 0 Å². The minimum atomic E-state index is -0.891. The Morgan fingerprint density at radius 3 is 2.78 bits per heavy atom. The van der Waals surface area contributed by atoms with E-state index in [4.69, 9.17) is 4.74 Å². The largest absolute Gasteiger partial charge is 0.388 e. The summed E-state index contributed by atoms with van der Waals surface area (Å²) in [5.74, 6) is 0.342. The molecule has 2 aromatic rings. The first-order valence-electron chi connectivity index (χ1n) is 13.4. The number of hydrogen-bond acceptors (Lipinski definition) is 5. The van der Waals surface area contributed by atoms with Gasteiger partial charge in [-0.15, -0.1) is 0 Å². The van der Waals surface area contributed by atoms with E-state index in [9.17, 15) is 10.2 Å². The Hall–Kier alpha value is -2.31. The number of fused-ring (bicyclic) bond motifs is 2. The van der Waals surface area contributed by atoms with E-state index in [2.05, 4.69) is 55.2 Å². The Morgan fingerprint density at radius 1 is 1.14 bits per heavy atom. The average Bonchev–Trinajstić information content (AvgIpc) is 3.36. The van der Waals surface area contributed by atoms with Gasteiger partial charge in [-0.2, -0.15) is 0 Å². The molecule has 5 heteroatoms. The fraction of sp³-hybridized carbons (Fsp3) is 0.516. The van der Waals surface area contributed by atoms with Gasteiger partial charge in [-0.05, 0) is 86.9 Å². The van der Waals surface area contributed by atoms with Crippen LogP contribution in [0.4, 0.5) is 0 Å². The summed E-state index contributed by atoms with van der Waals surface area (Å²) in [4.78, 5) is 6.39. The summed E-state index contributed by atoms with van der Waals surface area (Å²) in [6.45, 7) is 4.70. The van der Waals surface area contributed by atoms with Crippen molar-refractivity contribution in [2.24, 2.45) is 11.3 Å². The van der Waals surface area contributed by atoms with E-state index in [1.165, 1.54) is 33.1 Å². The lowest BCUT2D eigenvalue weighted by Crippen LogP contribution is -2.62. The zero-order chi connectivity index (χ0) is 25.0. The first-order valence-corrected chi connectivity index (χ1v) is 13.4. The molecule has 1 aromatic heterocycles. The molecule has 1 saturated carbocycles. The third-order valence-corrected chi connectivity index (χ3v) is 10.4. The molecule has 2 fully saturated rings. The fourth-order valence-corrected chi connectivity index (χ4v) is 8.78. The first-order chi connectivity index (χ1) is 17.2. The molecule has 0 amide bonds. The number of pyridine rings is 1. The molecule has 0 radical (unpaired) electrons. The van der Waals surface area contributed by atoms with Crippen LogP contribution in [0.1, 0.15) is 51.5 Å². The van der Waals surface area contributed by atoms with Gasteiger partial charge in [-0.3, -0.25) is 4.98 Å². The van der Waals surface area contributed by atoms with Crippen molar-refractivity contribution in [1.82, 2.24) is 9.88 Å². The van der Waals surface area contributed by atoms with Crippen LogP contribution in [0.3, 0.4) is 0 Å². The third-order valence-electron chi connectivity index (χ3n) is 10.4. The van der Waals surface area contributed by atoms with E-state index in [-0.39, 0.29) is 17.1 Å². The number of nitrogens with zero attached hydrogens (tertiary/aromatic N) is 2. The molecule has 5 aliphatic rings. The highest BCUT2D eigenvalue weighted by Crippen LogP contribution is 2.69. The molecule has 1 unspecified atom stereocenters. The SMILES string of the molecule is CC1=C2C=C3[C@@H](O)[C@H](O)[C@@H](N(C)C)C[C@]34CC[C@]2(O4)C2CC=C(c3cccc4cnccc34)[C@@]2(C)C1. The smallest absolute Gasteiger partial charge is 0.105 e. The lowest BCUT2D eigenvalue weighted by atomic mass is 9.56. The molecule has 3 heterocycles. The van der Waals surface area contributed by atoms with Crippen molar-refractivity contribution < 1.29 is 14.9 Å². The zero-order valence-corrected chi connectivity index (χ0v) is 21.7. The van der Waals surface area contributed by atoms with Crippen molar-refractivity contribution >= 4 is 16.3 Å². The summed E-state index contributed by atoms with van der Waals surface area (Å²) in [5.41, 5.74) is 5.38. The van der Waals surface area contributed by atoms with Crippen LogP contribution in [0.15, 0.2) is 65.5 Å². The molecular formula is C31H36N2O3. The number of aliphatic hydroxyl groups is 2. The number of aromatic nitrogens is 1. The number of hydrogen-bond donors (Lipinski definition) is 2. The van der Waals surface area contributed by atoms with Crippen LogP contribution in [0.25, 0.3) is 16.3 Å². The molecule has 2 N–H and O–H groups in total. The van der Waals surface area contributed by atoms with Gasteiger partial charge in [0.1, 0.15) is 6.10 Å². The van der Waals surface area contributed by atoms with Crippen molar-refractivity contribution in [3.05, 3.63) is 71.1 Å². The molecule has 1 saturated heterocycles. The molecule has 2 aliphatic heterocycles. The van der Waals surface area contributed by atoms with Gasteiger partial charge < -0.3 is 19.8 Å². The lowest BCUT2D eigenvalue weighted by molar-refractivity contribution is -0.162. The number of benzene rings is 1. The van der Waals surface area contributed by atoms with E-state index < -0.39 is 17.8 Å². The summed E-state index contributed by atoms with van der Waals surface area (Å²) in [6, 6.07) is 8.58. The third kappa shape index (κ3) is 2.72. The van der Waals surface area contributed by atoms with E-state index >= 15 is 0 Å². The molecule has 2 bridgehead atoms. The van der Waals surface area contributed by atoms with Crippen LogP contribution in [-0.4, -0.2) is 63.6 Å². The molecule has 5 nitrogen and oxygen atoms in total. The van der Waals surface area contributed by atoms with Crippen molar-refractivity contribution in [1.29, 1.82) is 0 Å². The Morgan fingerprint density at radius 2 is 1.97 bits per heavy atom. The summed E-state index contributed by atoms with van der Waals surface area (Å²) >= 11 is 0. The molecular weight excluding hydrogens is 448 g/mol. The molecule has 36 heavy (non-hydrogen) atoms. The van der Waals surface area contributed by atoms with Gasteiger partial charge in [0, 0.05) is 35.2 Å². The molecule has 1 aromatic carbocycles. The second kappa shape index (κ2) is 7.38. The van der Waals surface area contributed by atoms with Gasteiger partial charge >= 0.3 is 0 Å². The van der Waals surface area contributed by atoms with Crippen molar-refractivity contribution in [3.8, 4) is 0 Å². The van der Waals surface area contributed by atoms with Crippen LogP contribution < -0.4 is 0 Å². The van der Waals surface area contributed by atoms with Crippen LogP contribution in [0.2, 0.25) is 0 Å². The number of ether oxygens (including phenoxy) is 1. The van der Waals surface area contributed by atoms with Crippen molar-refractivity contribution in [2.45, 2.75) is 75.4 Å².